The van der Waals surface area contributed by atoms with Crippen molar-refractivity contribution in [3.63, 3.8) is 0 Å². The molecule has 6 nitrogen and oxygen atoms in total. The fraction of sp³-hybridized carbons (Fsp3) is 0.750. The zero-order valence-corrected chi connectivity index (χ0v) is 11.4. The van der Waals surface area contributed by atoms with Gasteiger partial charge in [-0.15, -0.1) is 0 Å². The van der Waals surface area contributed by atoms with Gasteiger partial charge in [-0.25, -0.2) is 4.79 Å². The van der Waals surface area contributed by atoms with Crippen molar-refractivity contribution in [1.82, 2.24) is 10.6 Å². The molecule has 0 aromatic rings. The summed E-state index contributed by atoms with van der Waals surface area (Å²) in [5.41, 5.74) is -1.61. The molecular weight excluding hydrogens is 236 g/mol. The first-order valence-electron chi connectivity index (χ1n) is 5.90. The Hall–Kier alpha value is -1.59. The smallest absolute Gasteiger partial charge is 0.322 e. The zero-order valence-electron chi connectivity index (χ0n) is 11.4. The Kier molecular flexibility index (Phi) is 3.69. The maximum atomic E-state index is 11.8. The summed E-state index contributed by atoms with van der Waals surface area (Å²) in [6.07, 6.45) is 0.208. The lowest BCUT2D eigenvalue weighted by atomic mass is 9.90. The first kappa shape index (κ1) is 14.5. The van der Waals surface area contributed by atoms with Crippen molar-refractivity contribution in [3.05, 3.63) is 0 Å². The molecule has 2 atom stereocenters. The molecule has 3 amide bonds. The normalized spacial score (nSPS) is 25.4. The monoisotopic (exact) mass is 260 g/mol. The number of imide groups is 1. The summed E-state index contributed by atoms with van der Waals surface area (Å²) < 4.78 is 5.23. The third-order valence-corrected chi connectivity index (χ3v) is 2.64. The molecule has 1 heterocycles. The summed E-state index contributed by atoms with van der Waals surface area (Å²) in [6.45, 7) is 8.61. The average Bonchev–Trinajstić information content (AvgIpc) is 2.37. The molecule has 0 bridgehead atoms. The predicted molar refractivity (Wildman–Crippen MR) is 68.9 cm³/mol. The second-order valence-electron chi connectivity index (χ2n) is 5.88. The lowest BCUT2D eigenvalue weighted by Crippen LogP contribution is -2.46. The van der Waals surface area contributed by atoms with E-state index in [-0.39, 0.29) is 15.2 Å². The van der Waals surface area contributed by atoms with Crippen molar-refractivity contribution < 1.29 is 22.0 Å². The number of carbonyl (C=O) groups excluding carboxylic acids is 3. The third kappa shape index (κ3) is 3.45. The van der Waals surface area contributed by atoms with Crippen LogP contribution in [-0.2, 0) is 14.3 Å². The van der Waals surface area contributed by atoms with Gasteiger partial charge < -0.3 is 10.1 Å². The first-order valence-corrected chi connectivity index (χ1v) is 5.90. The van der Waals surface area contributed by atoms with Crippen LogP contribution in [0.1, 0.15) is 43.9 Å². The van der Waals surface area contributed by atoms with E-state index in [1.807, 2.05) is 0 Å². The van der Waals surface area contributed by atoms with Gasteiger partial charge in [-0.2, -0.15) is 0 Å². The molecule has 0 unspecified atom stereocenters. The Balaban J connectivity index is 0. The van der Waals surface area contributed by atoms with Gasteiger partial charge in [0.1, 0.15) is 11.1 Å². The number of hydrogen-bond donors (Lipinski definition) is 2. The topological polar surface area (TPSA) is 84.5 Å². The van der Waals surface area contributed by atoms with Crippen molar-refractivity contribution in [2.45, 2.75) is 52.2 Å². The lowest BCUT2D eigenvalue weighted by molar-refractivity contribution is -0.160. The Morgan fingerprint density at radius 2 is 2.00 bits per heavy atom. The SMILES string of the molecule is C[C@@H](C[C@@]1(C)NC(=O)NC1=O)C(=O)OC(C)(C)C.[HH].[HH]. The predicted octanol–water partition coefficient (Wildman–Crippen LogP) is 1.44. The molecule has 0 aliphatic carbocycles. The van der Waals surface area contributed by atoms with Gasteiger partial charge in [-0.05, 0) is 34.1 Å². The second-order valence-corrected chi connectivity index (χ2v) is 5.88. The highest BCUT2D eigenvalue weighted by molar-refractivity contribution is 6.06. The molecule has 1 aliphatic rings. The van der Waals surface area contributed by atoms with Gasteiger partial charge in [0, 0.05) is 2.85 Å². The molecule has 1 rings (SSSR count). The summed E-state index contributed by atoms with van der Waals surface area (Å²) >= 11 is 0. The molecule has 0 aromatic carbocycles. The van der Waals surface area contributed by atoms with Crippen LogP contribution in [0.15, 0.2) is 0 Å². The quantitative estimate of drug-likeness (QED) is 0.594. The minimum Gasteiger partial charge on any atom is -0.460 e. The summed E-state index contributed by atoms with van der Waals surface area (Å²) in [6, 6.07) is -0.529. The van der Waals surface area contributed by atoms with Gasteiger partial charge in [-0.1, -0.05) is 6.92 Å². The first-order chi connectivity index (χ1) is 8.03. The lowest BCUT2D eigenvalue weighted by Gasteiger charge is -2.26. The van der Waals surface area contributed by atoms with Crippen LogP contribution in [0.2, 0.25) is 0 Å². The van der Waals surface area contributed by atoms with E-state index >= 15 is 0 Å². The van der Waals surface area contributed by atoms with E-state index in [1.54, 1.807) is 34.6 Å². The van der Waals surface area contributed by atoms with E-state index in [0.29, 0.717) is 0 Å². The average molecular weight is 260 g/mol. The van der Waals surface area contributed by atoms with Gasteiger partial charge >= 0.3 is 12.0 Å². The van der Waals surface area contributed by atoms with Crippen LogP contribution >= 0.6 is 0 Å². The molecule has 1 saturated heterocycles. The Morgan fingerprint density at radius 1 is 1.44 bits per heavy atom. The Labute approximate surface area is 109 Å². The molecule has 2 N–H and O–H groups in total. The van der Waals surface area contributed by atoms with E-state index in [0.717, 1.165) is 0 Å². The van der Waals surface area contributed by atoms with Crippen molar-refractivity contribution in [3.8, 4) is 0 Å². The number of amides is 3. The van der Waals surface area contributed by atoms with Gasteiger partial charge in [0.25, 0.3) is 5.91 Å². The number of hydrogen-bond acceptors (Lipinski definition) is 4. The fourth-order valence-corrected chi connectivity index (χ4v) is 1.82. The van der Waals surface area contributed by atoms with Crippen molar-refractivity contribution >= 4 is 17.9 Å². The van der Waals surface area contributed by atoms with E-state index < -0.39 is 29.0 Å². The number of carbonyl (C=O) groups is 3. The standard InChI is InChI=1S/C12H20N2O4.2H2/c1-7(8(15)18-11(2,3)4)6-12(5)9(16)13-10(17)14-12;;/h7H,6H2,1-5H3,(H2,13,14,16,17);2*1H/t7-,12+;;/m0../s1. The highest BCUT2D eigenvalue weighted by Gasteiger charge is 2.44. The molecule has 106 valence electrons. The van der Waals surface area contributed by atoms with Crippen LogP contribution in [0, 0.1) is 5.92 Å². The largest absolute Gasteiger partial charge is 0.460 e. The molecule has 18 heavy (non-hydrogen) atoms. The van der Waals surface area contributed by atoms with Crippen LogP contribution in [-0.4, -0.2) is 29.0 Å². The highest BCUT2D eigenvalue weighted by atomic mass is 16.6. The molecule has 0 radical (unpaired) electrons. The van der Waals surface area contributed by atoms with Crippen LogP contribution in [0.4, 0.5) is 4.79 Å². The molecule has 1 fully saturated rings. The fourth-order valence-electron chi connectivity index (χ4n) is 1.82. The molecule has 0 spiro atoms. The molecular formula is C12H24N2O4. The zero-order chi connectivity index (χ0) is 14.1. The van der Waals surface area contributed by atoms with E-state index in [9.17, 15) is 14.4 Å². The van der Waals surface area contributed by atoms with E-state index in [2.05, 4.69) is 10.6 Å². The van der Waals surface area contributed by atoms with Crippen molar-refractivity contribution in [2.24, 2.45) is 5.92 Å². The van der Waals surface area contributed by atoms with Gasteiger partial charge in [0.15, 0.2) is 0 Å². The van der Waals surface area contributed by atoms with Crippen LogP contribution in [0.5, 0.6) is 0 Å². The molecule has 6 heteroatoms. The van der Waals surface area contributed by atoms with Crippen LogP contribution in [0.25, 0.3) is 0 Å². The number of urea groups is 1. The maximum absolute atomic E-state index is 11.8. The van der Waals surface area contributed by atoms with Crippen molar-refractivity contribution in [1.29, 1.82) is 0 Å². The molecule has 0 aromatic heterocycles. The van der Waals surface area contributed by atoms with Crippen molar-refractivity contribution in [2.75, 3.05) is 0 Å². The van der Waals surface area contributed by atoms with E-state index in [4.69, 9.17) is 4.74 Å². The highest BCUT2D eigenvalue weighted by Crippen LogP contribution is 2.22. The van der Waals surface area contributed by atoms with Crippen LogP contribution < -0.4 is 10.6 Å². The summed E-state index contributed by atoms with van der Waals surface area (Å²) in [5, 5.41) is 4.68. The third-order valence-electron chi connectivity index (χ3n) is 2.64. The summed E-state index contributed by atoms with van der Waals surface area (Å²) in [4.78, 5) is 34.5. The maximum Gasteiger partial charge on any atom is 0.322 e. The number of rotatable bonds is 3. The van der Waals surface area contributed by atoms with Crippen LogP contribution in [0.3, 0.4) is 0 Å². The number of nitrogens with one attached hydrogen (secondary N) is 2. The molecule has 1 aliphatic heterocycles. The summed E-state index contributed by atoms with van der Waals surface area (Å²) in [5.74, 6) is -1.26. The minimum atomic E-state index is -1.05. The number of esters is 1. The van der Waals surface area contributed by atoms with Gasteiger partial charge in [-0.3, -0.25) is 14.9 Å². The Morgan fingerprint density at radius 3 is 2.39 bits per heavy atom. The van der Waals surface area contributed by atoms with Gasteiger partial charge in [0.2, 0.25) is 0 Å². The second kappa shape index (κ2) is 4.59. The summed E-state index contributed by atoms with van der Waals surface area (Å²) in [7, 11) is 0. The minimum absolute atomic E-state index is 0. The number of ether oxygens (including phenoxy) is 1. The van der Waals surface area contributed by atoms with E-state index in [1.165, 1.54) is 0 Å². The molecule has 0 saturated carbocycles. The Bertz CT molecular complexity index is 395. The van der Waals surface area contributed by atoms with Gasteiger partial charge in [0.05, 0.1) is 5.92 Å².